The number of thioether (sulfide) groups is 1. The van der Waals surface area contributed by atoms with Gasteiger partial charge in [0.1, 0.15) is 6.04 Å². The summed E-state index contributed by atoms with van der Waals surface area (Å²) >= 11 is 1.58. The summed E-state index contributed by atoms with van der Waals surface area (Å²) in [5.74, 6) is 1.29. The van der Waals surface area contributed by atoms with Crippen LogP contribution in [-0.4, -0.2) is 44.2 Å². The van der Waals surface area contributed by atoms with Crippen LogP contribution in [0.15, 0.2) is 42.6 Å². The third kappa shape index (κ3) is 2.99. The molecule has 1 aliphatic rings. The maximum Gasteiger partial charge on any atom is 0.255 e. The van der Waals surface area contributed by atoms with Gasteiger partial charge < -0.3 is 10.2 Å². The first-order chi connectivity index (χ1) is 10.6. The fraction of sp³-hybridized carbons (Fsp3) is 0.267. The minimum absolute atomic E-state index is 0.119. The van der Waals surface area contributed by atoms with Crippen LogP contribution in [0.2, 0.25) is 0 Å². The van der Waals surface area contributed by atoms with Crippen LogP contribution in [0.1, 0.15) is 10.4 Å². The summed E-state index contributed by atoms with van der Waals surface area (Å²) in [5, 5.41) is 6.89. The number of rotatable bonds is 3. The molecule has 2 aromatic rings. The number of anilines is 1. The van der Waals surface area contributed by atoms with E-state index in [4.69, 9.17) is 0 Å². The van der Waals surface area contributed by atoms with Gasteiger partial charge in [0.05, 0.1) is 5.88 Å². The number of aryl methyl sites for hydroxylation is 1. The molecule has 2 heterocycles. The normalized spacial score (nSPS) is 17.5. The van der Waals surface area contributed by atoms with Crippen LogP contribution in [0.3, 0.4) is 0 Å². The molecule has 1 saturated heterocycles. The first kappa shape index (κ1) is 14.6. The zero-order valence-corrected chi connectivity index (χ0v) is 12.9. The van der Waals surface area contributed by atoms with Gasteiger partial charge in [-0.2, -0.15) is 5.10 Å². The van der Waals surface area contributed by atoms with Gasteiger partial charge in [-0.1, -0.05) is 18.2 Å². The van der Waals surface area contributed by atoms with Gasteiger partial charge in [-0.25, -0.2) is 0 Å². The number of aromatic nitrogens is 2. The highest BCUT2D eigenvalue weighted by Gasteiger charge is 2.35. The zero-order chi connectivity index (χ0) is 15.5. The summed E-state index contributed by atoms with van der Waals surface area (Å²) in [6.45, 7) is 0. The SMILES string of the molecule is Cn1ccc(NC(=O)C2CSCN2C(=O)c2ccccc2)n1. The predicted molar refractivity (Wildman–Crippen MR) is 85.6 cm³/mol. The Morgan fingerprint density at radius 1 is 1.27 bits per heavy atom. The molecule has 1 atom stereocenters. The molecular formula is C15H16N4O2S. The van der Waals surface area contributed by atoms with Gasteiger partial charge in [0.2, 0.25) is 5.91 Å². The van der Waals surface area contributed by atoms with E-state index >= 15 is 0 Å². The van der Waals surface area contributed by atoms with E-state index in [0.717, 1.165) is 0 Å². The Morgan fingerprint density at radius 2 is 2.05 bits per heavy atom. The second kappa shape index (κ2) is 6.23. The fourth-order valence-corrected chi connectivity index (χ4v) is 3.45. The van der Waals surface area contributed by atoms with Crippen molar-refractivity contribution in [3.63, 3.8) is 0 Å². The summed E-state index contributed by atoms with van der Waals surface area (Å²) in [7, 11) is 1.78. The van der Waals surface area contributed by atoms with Gasteiger partial charge in [0.25, 0.3) is 5.91 Å². The number of hydrogen-bond donors (Lipinski definition) is 1. The van der Waals surface area contributed by atoms with Crippen LogP contribution in [0.4, 0.5) is 5.82 Å². The predicted octanol–water partition coefficient (Wildman–Crippen LogP) is 1.57. The van der Waals surface area contributed by atoms with Crippen molar-refractivity contribution in [2.75, 3.05) is 16.9 Å². The molecule has 0 spiro atoms. The lowest BCUT2D eigenvalue weighted by Crippen LogP contribution is -2.44. The summed E-state index contributed by atoms with van der Waals surface area (Å²) in [6, 6.07) is 10.3. The standard InChI is InChI=1S/C15H16N4O2S/c1-18-8-7-13(17-18)16-14(20)12-9-22-10-19(12)15(21)11-5-3-2-4-6-11/h2-8,12H,9-10H2,1H3,(H,16,17,20). The summed E-state index contributed by atoms with van der Waals surface area (Å²) in [6.07, 6.45) is 1.76. The van der Waals surface area contributed by atoms with Crippen LogP contribution in [0.5, 0.6) is 0 Å². The number of nitrogens with one attached hydrogen (secondary N) is 1. The van der Waals surface area contributed by atoms with Crippen molar-refractivity contribution in [3.8, 4) is 0 Å². The first-order valence-corrected chi connectivity index (χ1v) is 8.05. The molecule has 1 aliphatic heterocycles. The first-order valence-electron chi connectivity index (χ1n) is 6.89. The summed E-state index contributed by atoms with van der Waals surface area (Å²) in [4.78, 5) is 26.5. The lowest BCUT2D eigenvalue weighted by molar-refractivity contribution is -0.119. The number of amides is 2. The monoisotopic (exact) mass is 316 g/mol. The Bertz CT molecular complexity index is 686. The van der Waals surface area contributed by atoms with Crippen LogP contribution < -0.4 is 5.32 Å². The Kier molecular flexibility index (Phi) is 4.15. The van der Waals surface area contributed by atoms with Crippen LogP contribution in [0, 0.1) is 0 Å². The molecule has 1 fully saturated rings. The van der Waals surface area contributed by atoms with Crippen LogP contribution in [0.25, 0.3) is 0 Å². The Balaban J connectivity index is 1.72. The van der Waals surface area contributed by atoms with E-state index in [1.807, 2.05) is 18.2 Å². The van der Waals surface area contributed by atoms with Crippen LogP contribution >= 0.6 is 11.8 Å². The molecule has 0 radical (unpaired) electrons. The topological polar surface area (TPSA) is 67.2 Å². The van der Waals surface area contributed by atoms with Crippen molar-refractivity contribution < 1.29 is 9.59 Å². The maximum atomic E-state index is 12.5. The minimum atomic E-state index is -0.472. The number of nitrogens with zero attached hydrogens (tertiary/aromatic N) is 3. The number of carbonyl (C=O) groups excluding carboxylic acids is 2. The highest BCUT2D eigenvalue weighted by Crippen LogP contribution is 2.24. The van der Waals surface area contributed by atoms with E-state index in [2.05, 4.69) is 10.4 Å². The van der Waals surface area contributed by atoms with Crippen LogP contribution in [-0.2, 0) is 11.8 Å². The molecule has 0 saturated carbocycles. The average Bonchev–Trinajstić information content (AvgIpc) is 3.16. The van der Waals surface area contributed by atoms with Crippen molar-refractivity contribution in [1.29, 1.82) is 0 Å². The van der Waals surface area contributed by atoms with E-state index < -0.39 is 6.04 Å². The number of benzene rings is 1. The molecule has 2 amide bonds. The van der Waals surface area contributed by atoms with E-state index in [0.29, 0.717) is 23.0 Å². The minimum Gasteiger partial charge on any atom is -0.317 e. The average molecular weight is 316 g/mol. The second-order valence-corrected chi connectivity index (χ2v) is 6.02. The fourth-order valence-electron chi connectivity index (χ4n) is 2.30. The number of hydrogen-bond acceptors (Lipinski definition) is 4. The van der Waals surface area contributed by atoms with E-state index in [1.54, 1.807) is 52.8 Å². The van der Waals surface area contributed by atoms with Gasteiger partial charge in [-0.3, -0.25) is 14.3 Å². The van der Waals surface area contributed by atoms with Gasteiger partial charge in [0.15, 0.2) is 5.82 Å². The highest BCUT2D eigenvalue weighted by atomic mass is 32.2. The second-order valence-electron chi connectivity index (χ2n) is 5.02. The third-order valence-electron chi connectivity index (χ3n) is 3.43. The molecule has 114 valence electrons. The molecule has 1 aromatic heterocycles. The quantitative estimate of drug-likeness (QED) is 0.933. The van der Waals surface area contributed by atoms with E-state index in [1.165, 1.54) is 0 Å². The van der Waals surface area contributed by atoms with Gasteiger partial charge in [-0.05, 0) is 12.1 Å². The lowest BCUT2D eigenvalue weighted by Gasteiger charge is -2.22. The number of carbonyl (C=O) groups is 2. The van der Waals surface area contributed by atoms with Gasteiger partial charge >= 0.3 is 0 Å². The maximum absolute atomic E-state index is 12.5. The van der Waals surface area contributed by atoms with Crippen molar-refractivity contribution in [2.24, 2.45) is 7.05 Å². The van der Waals surface area contributed by atoms with Gasteiger partial charge in [-0.15, -0.1) is 11.8 Å². The Morgan fingerprint density at radius 3 is 2.73 bits per heavy atom. The molecule has 3 rings (SSSR count). The molecule has 22 heavy (non-hydrogen) atoms. The van der Waals surface area contributed by atoms with E-state index in [9.17, 15) is 9.59 Å². The van der Waals surface area contributed by atoms with Crippen molar-refractivity contribution in [1.82, 2.24) is 14.7 Å². The van der Waals surface area contributed by atoms with Crippen molar-refractivity contribution >= 4 is 29.4 Å². The lowest BCUT2D eigenvalue weighted by atomic mass is 10.1. The van der Waals surface area contributed by atoms with Crippen molar-refractivity contribution in [3.05, 3.63) is 48.2 Å². The van der Waals surface area contributed by atoms with Crippen molar-refractivity contribution in [2.45, 2.75) is 6.04 Å². The molecule has 0 bridgehead atoms. The zero-order valence-electron chi connectivity index (χ0n) is 12.1. The molecule has 0 aliphatic carbocycles. The largest absolute Gasteiger partial charge is 0.317 e. The summed E-state index contributed by atoms with van der Waals surface area (Å²) in [5.41, 5.74) is 0.598. The molecule has 7 heteroatoms. The third-order valence-corrected chi connectivity index (χ3v) is 4.44. The molecule has 1 unspecified atom stereocenters. The highest BCUT2D eigenvalue weighted by molar-refractivity contribution is 7.99. The smallest absolute Gasteiger partial charge is 0.255 e. The van der Waals surface area contributed by atoms with E-state index in [-0.39, 0.29) is 11.8 Å². The molecule has 6 nitrogen and oxygen atoms in total. The molecule has 1 aromatic carbocycles. The molecular weight excluding hydrogens is 300 g/mol. The Labute approximate surface area is 132 Å². The summed E-state index contributed by atoms with van der Waals surface area (Å²) < 4.78 is 1.62. The molecule has 1 N–H and O–H groups in total. The van der Waals surface area contributed by atoms with Gasteiger partial charge in [0, 0.05) is 30.6 Å². The Hall–Kier alpha value is -2.28.